The van der Waals surface area contributed by atoms with E-state index in [4.69, 9.17) is 10.2 Å². The Morgan fingerprint density at radius 2 is 1.83 bits per heavy atom. The first-order valence-corrected chi connectivity index (χ1v) is 5.96. The van der Waals surface area contributed by atoms with Crippen molar-refractivity contribution < 1.29 is 10.2 Å². The highest BCUT2D eigenvalue weighted by atomic mass is 16.3. The van der Waals surface area contributed by atoms with E-state index in [0.29, 0.717) is 18.9 Å². The molecule has 0 bridgehead atoms. The van der Waals surface area contributed by atoms with Gasteiger partial charge in [-0.15, -0.1) is 0 Å². The van der Waals surface area contributed by atoms with Crippen molar-refractivity contribution in [3.8, 4) is 0 Å². The first-order chi connectivity index (χ1) is 8.65. The number of nitrogens with one attached hydrogen (secondary N) is 1. The number of H-pyrrole nitrogens is 1. The molecule has 2 aromatic heterocycles. The fourth-order valence-corrected chi connectivity index (χ4v) is 2.04. The maximum absolute atomic E-state index is 9.10. The Kier molecular flexibility index (Phi) is 3.78. The van der Waals surface area contributed by atoms with Crippen LogP contribution in [0.4, 0.5) is 5.82 Å². The van der Waals surface area contributed by atoms with Gasteiger partial charge < -0.3 is 20.1 Å². The molecule has 0 saturated carbocycles. The normalized spacial score (nSPS) is 11.1. The molecule has 0 atom stereocenters. The van der Waals surface area contributed by atoms with E-state index in [2.05, 4.69) is 15.0 Å². The molecular formula is C12H18N4O2. The van der Waals surface area contributed by atoms with Crippen molar-refractivity contribution in [1.29, 1.82) is 0 Å². The van der Waals surface area contributed by atoms with E-state index < -0.39 is 0 Å². The standard InChI is InChI=1S/C12H18N4O2/c1-8-7-10-11(13-8)14-9(2)15-12(10)16(3-5-17)4-6-18/h7,17-18H,3-6H2,1-2H3,(H,13,14,15). The summed E-state index contributed by atoms with van der Waals surface area (Å²) >= 11 is 0. The van der Waals surface area contributed by atoms with E-state index in [1.807, 2.05) is 24.8 Å². The van der Waals surface area contributed by atoms with Crippen molar-refractivity contribution in [2.75, 3.05) is 31.2 Å². The molecule has 2 aromatic rings. The van der Waals surface area contributed by atoms with Crippen LogP contribution in [0.1, 0.15) is 11.5 Å². The molecule has 18 heavy (non-hydrogen) atoms. The van der Waals surface area contributed by atoms with Crippen LogP contribution in [0.25, 0.3) is 11.0 Å². The van der Waals surface area contributed by atoms with Gasteiger partial charge in [-0.2, -0.15) is 0 Å². The minimum absolute atomic E-state index is 0.0218. The van der Waals surface area contributed by atoms with Crippen LogP contribution in [-0.2, 0) is 0 Å². The topological polar surface area (TPSA) is 85.3 Å². The number of anilines is 1. The van der Waals surface area contributed by atoms with Crippen molar-refractivity contribution in [3.63, 3.8) is 0 Å². The van der Waals surface area contributed by atoms with Crippen LogP contribution >= 0.6 is 0 Å². The van der Waals surface area contributed by atoms with Crippen LogP contribution in [0, 0.1) is 13.8 Å². The van der Waals surface area contributed by atoms with E-state index in [9.17, 15) is 0 Å². The van der Waals surface area contributed by atoms with Gasteiger partial charge in [-0.1, -0.05) is 0 Å². The summed E-state index contributed by atoms with van der Waals surface area (Å²) in [4.78, 5) is 13.8. The quantitative estimate of drug-likeness (QED) is 0.713. The van der Waals surface area contributed by atoms with Crippen LogP contribution in [0.2, 0.25) is 0 Å². The van der Waals surface area contributed by atoms with Crippen LogP contribution in [-0.4, -0.2) is 51.5 Å². The third-order valence-corrected chi connectivity index (χ3v) is 2.75. The summed E-state index contributed by atoms with van der Waals surface area (Å²) in [6.45, 7) is 4.72. The zero-order valence-electron chi connectivity index (χ0n) is 10.6. The molecule has 0 aromatic carbocycles. The number of fused-ring (bicyclic) bond motifs is 1. The van der Waals surface area contributed by atoms with Crippen LogP contribution < -0.4 is 4.90 Å². The molecule has 0 radical (unpaired) electrons. The Bertz CT molecular complexity index is 532. The maximum Gasteiger partial charge on any atom is 0.143 e. The number of nitrogens with zero attached hydrogens (tertiary/aromatic N) is 3. The Labute approximate surface area is 105 Å². The van der Waals surface area contributed by atoms with E-state index in [0.717, 1.165) is 22.5 Å². The van der Waals surface area contributed by atoms with Crippen LogP contribution in [0.5, 0.6) is 0 Å². The molecule has 0 amide bonds. The van der Waals surface area contributed by atoms with E-state index in [1.54, 1.807) is 0 Å². The second kappa shape index (κ2) is 5.32. The van der Waals surface area contributed by atoms with Gasteiger partial charge in [0.25, 0.3) is 0 Å². The van der Waals surface area contributed by atoms with Crippen molar-refractivity contribution in [2.45, 2.75) is 13.8 Å². The van der Waals surface area contributed by atoms with E-state index in [-0.39, 0.29) is 13.2 Å². The van der Waals surface area contributed by atoms with Crippen molar-refractivity contribution in [2.24, 2.45) is 0 Å². The highest BCUT2D eigenvalue weighted by Gasteiger charge is 2.14. The van der Waals surface area contributed by atoms with Gasteiger partial charge in [0, 0.05) is 18.8 Å². The molecule has 0 saturated heterocycles. The fourth-order valence-electron chi connectivity index (χ4n) is 2.04. The lowest BCUT2D eigenvalue weighted by molar-refractivity contribution is 0.281. The number of aliphatic hydroxyl groups is 2. The van der Waals surface area contributed by atoms with Gasteiger partial charge in [0.15, 0.2) is 0 Å². The first-order valence-electron chi connectivity index (χ1n) is 5.96. The Balaban J connectivity index is 2.52. The van der Waals surface area contributed by atoms with Gasteiger partial charge in [0.05, 0.1) is 18.6 Å². The number of rotatable bonds is 5. The summed E-state index contributed by atoms with van der Waals surface area (Å²) in [7, 11) is 0. The highest BCUT2D eigenvalue weighted by molar-refractivity contribution is 5.88. The number of hydrogen-bond donors (Lipinski definition) is 3. The number of aromatic amines is 1. The minimum atomic E-state index is 0.0218. The Hall–Kier alpha value is -1.66. The molecule has 2 heterocycles. The molecule has 98 valence electrons. The molecule has 0 aliphatic carbocycles. The maximum atomic E-state index is 9.10. The summed E-state index contributed by atoms with van der Waals surface area (Å²) in [5.41, 5.74) is 1.80. The highest BCUT2D eigenvalue weighted by Crippen LogP contribution is 2.24. The number of aromatic nitrogens is 3. The minimum Gasteiger partial charge on any atom is -0.395 e. The summed E-state index contributed by atoms with van der Waals surface area (Å²) in [5.74, 6) is 1.42. The predicted octanol–water partition coefficient (Wildman–Crippen LogP) is 0.366. The predicted molar refractivity (Wildman–Crippen MR) is 69.7 cm³/mol. The number of aryl methyl sites for hydroxylation is 2. The van der Waals surface area contributed by atoms with Gasteiger partial charge in [0.2, 0.25) is 0 Å². The smallest absolute Gasteiger partial charge is 0.143 e. The van der Waals surface area contributed by atoms with Crippen molar-refractivity contribution in [1.82, 2.24) is 15.0 Å². The fraction of sp³-hybridized carbons (Fsp3) is 0.500. The molecule has 0 aliphatic heterocycles. The molecule has 0 aliphatic rings. The average Bonchev–Trinajstić information content (AvgIpc) is 2.68. The second-order valence-electron chi connectivity index (χ2n) is 4.24. The Morgan fingerprint density at radius 3 is 2.44 bits per heavy atom. The largest absolute Gasteiger partial charge is 0.395 e. The lowest BCUT2D eigenvalue weighted by atomic mass is 10.3. The number of aliphatic hydroxyl groups excluding tert-OH is 2. The monoisotopic (exact) mass is 250 g/mol. The zero-order valence-corrected chi connectivity index (χ0v) is 10.6. The molecule has 0 unspecified atom stereocenters. The summed E-state index contributed by atoms with van der Waals surface area (Å²) in [6, 6.07) is 1.98. The Morgan fingerprint density at radius 1 is 1.17 bits per heavy atom. The van der Waals surface area contributed by atoms with Crippen LogP contribution in [0.15, 0.2) is 6.07 Å². The molecule has 6 nitrogen and oxygen atoms in total. The molecule has 0 spiro atoms. The van der Waals surface area contributed by atoms with E-state index >= 15 is 0 Å². The van der Waals surface area contributed by atoms with Gasteiger partial charge in [0.1, 0.15) is 17.3 Å². The van der Waals surface area contributed by atoms with Gasteiger partial charge in [-0.05, 0) is 19.9 Å². The van der Waals surface area contributed by atoms with Gasteiger partial charge in [-0.25, -0.2) is 9.97 Å². The molecule has 3 N–H and O–H groups in total. The lowest BCUT2D eigenvalue weighted by Crippen LogP contribution is -2.30. The van der Waals surface area contributed by atoms with E-state index in [1.165, 1.54) is 0 Å². The molecule has 6 heteroatoms. The zero-order chi connectivity index (χ0) is 13.1. The van der Waals surface area contributed by atoms with Crippen molar-refractivity contribution >= 4 is 16.9 Å². The van der Waals surface area contributed by atoms with Gasteiger partial charge in [-0.3, -0.25) is 0 Å². The summed E-state index contributed by atoms with van der Waals surface area (Å²) in [5, 5.41) is 19.1. The summed E-state index contributed by atoms with van der Waals surface area (Å²) < 4.78 is 0. The second-order valence-corrected chi connectivity index (χ2v) is 4.24. The molecular weight excluding hydrogens is 232 g/mol. The average molecular weight is 250 g/mol. The first kappa shape index (κ1) is 12.8. The van der Waals surface area contributed by atoms with Gasteiger partial charge >= 0.3 is 0 Å². The molecule has 0 fully saturated rings. The summed E-state index contributed by atoms with van der Waals surface area (Å²) in [6.07, 6.45) is 0. The molecule has 2 rings (SSSR count). The third kappa shape index (κ3) is 2.44. The number of hydrogen-bond acceptors (Lipinski definition) is 5. The van der Waals surface area contributed by atoms with Crippen LogP contribution in [0.3, 0.4) is 0 Å². The SMILES string of the molecule is Cc1nc(N(CCO)CCO)c2cc(C)[nH]c2n1. The van der Waals surface area contributed by atoms with Crippen molar-refractivity contribution in [3.05, 3.63) is 17.6 Å². The third-order valence-electron chi connectivity index (χ3n) is 2.75. The lowest BCUT2D eigenvalue weighted by Gasteiger charge is -2.22.